The highest BCUT2D eigenvalue weighted by molar-refractivity contribution is 9.10. The molecule has 0 aromatic heterocycles. The van der Waals surface area contributed by atoms with Crippen LogP contribution in [-0.2, 0) is 0 Å². The summed E-state index contributed by atoms with van der Waals surface area (Å²) in [5, 5.41) is 0. The number of hydrogen-bond donors (Lipinski definition) is 1. The van der Waals surface area contributed by atoms with Gasteiger partial charge in [-0.05, 0) is 42.5 Å². The number of halogens is 2. The van der Waals surface area contributed by atoms with Crippen molar-refractivity contribution in [2.24, 2.45) is 11.1 Å². The molecular formula is C15H22BrFN2. The van der Waals surface area contributed by atoms with Crippen molar-refractivity contribution in [3.63, 3.8) is 0 Å². The predicted octanol–water partition coefficient (Wildman–Crippen LogP) is 3.71. The van der Waals surface area contributed by atoms with Gasteiger partial charge in [-0.1, -0.05) is 35.8 Å². The molecule has 0 spiro atoms. The summed E-state index contributed by atoms with van der Waals surface area (Å²) >= 11 is 3.46. The van der Waals surface area contributed by atoms with Crippen molar-refractivity contribution in [2.75, 3.05) is 19.6 Å². The summed E-state index contributed by atoms with van der Waals surface area (Å²) in [7, 11) is 0. The summed E-state index contributed by atoms with van der Waals surface area (Å²) in [6, 6.07) is 5.04. The van der Waals surface area contributed by atoms with E-state index in [1.807, 2.05) is 6.07 Å². The summed E-state index contributed by atoms with van der Waals surface area (Å²) in [5.41, 5.74) is 7.39. The van der Waals surface area contributed by atoms with E-state index in [0.717, 1.165) is 23.1 Å². The molecule has 1 aromatic carbocycles. The van der Waals surface area contributed by atoms with Crippen LogP contribution in [-0.4, -0.2) is 24.5 Å². The lowest BCUT2D eigenvalue weighted by Gasteiger charge is -2.42. The van der Waals surface area contributed by atoms with Crippen molar-refractivity contribution < 1.29 is 4.39 Å². The molecule has 1 fully saturated rings. The average molecular weight is 329 g/mol. The van der Waals surface area contributed by atoms with E-state index < -0.39 is 0 Å². The lowest BCUT2D eigenvalue weighted by atomic mass is 9.83. The van der Waals surface area contributed by atoms with Gasteiger partial charge in [-0.15, -0.1) is 0 Å². The maximum absolute atomic E-state index is 13.2. The molecule has 0 radical (unpaired) electrons. The number of benzene rings is 1. The van der Waals surface area contributed by atoms with Crippen molar-refractivity contribution in [3.05, 3.63) is 34.1 Å². The molecular weight excluding hydrogens is 307 g/mol. The average Bonchev–Trinajstić information content (AvgIpc) is 2.31. The third-order valence-corrected chi connectivity index (χ3v) is 4.60. The lowest BCUT2D eigenvalue weighted by molar-refractivity contribution is 0.0804. The Morgan fingerprint density at radius 2 is 2.21 bits per heavy atom. The molecule has 1 atom stereocenters. The number of likely N-dealkylation sites (tertiary alicyclic amines) is 1. The Morgan fingerprint density at radius 1 is 1.47 bits per heavy atom. The van der Waals surface area contributed by atoms with Gasteiger partial charge in [0.05, 0.1) is 0 Å². The van der Waals surface area contributed by atoms with Crippen molar-refractivity contribution in [2.45, 2.75) is 32.7 Å². The zero-order valence-electron chi connectivity index (χ0n) is 11.6. The summed E-state index contributed by atoms with van der Waals surface area (Å²) in [6.45, 7) is 7.26. The van der Waals surface area contributed by atoms with Gasteiger partial charge in [0, 0.05) is 23.6 Å². The third-order valence-electron chi connectivity index (χ3n) is 3.92. The predicted molar refractivity (Wildman–Crippen MR) is 80.5 cm³/mol. The van der Waals surface area contributed by atoms with Crippen LogP contribution in [0.4, 0.5) is 4.39 Å². The van der Waals surface area contributed by atoms with Crippen LogP contribution in [0.5, 0.6) is 0 Å². The summed E-state index contributed by atoms with van der Waals surface area (Å²) in [6.07, 6.45) is 2.45. The Balaban J connectivity index is 2.24. The monoisotopic (exact) mass is 328 g/mol. The fourth-order valence-electron chi connectivity index (χ4n) is 2.98. The van der Waals surface area contributed by atoms with Gasteiger partial charge in [0.15, 0.2) is 0 Å². The molecule has 0 amide bonds. The van der Waals surface area contributed by atoms with E-state index in [0.29, 0.717) is 12.0 Å². The van der Waals surface area contributed by atoms with Crippen LogP contribution in [0.3, 0.4) is 0 Å². The molecule has 4 heteroatoms. The number of hydrogen-bond acceptors (Lipinski definition) is 2. The Morgan fingerprint density at radius 3 is 2.79 bits per heavy atom. The van der Waals surface area contributed by atoms with E-state index in [9.17, 15) is 4.39 Å². The second kappa shape index (κ2) is 5.90. The maximum Gasteiger partial charge on any atom is 0.124 e. The van der Waals surface area contributed by atoms with Gasteiger partial charge in [-0.25, -0.2) is 4.39 Å². The van der Waals surface area contributed by atoms with Gasteiger partial charge in [0.2, 0.25) is 0 Å². The van der Waals surface area contributed by atoms with Crippen molar-refractivity contribution in [1.29, 1.82) is 0 Å². The van der Waals surface area contributed by atoms with E-state index >= 15 is 0 Å². The highest BCUT2D eigenvalue weighted by atomic mass is 79.9. The van der Waals surface area contributed by atoms with Crippen LogP contribution >= 0.6 is 15.9 Å². The Bertz CT molecular complexity index is 448. The molecule has 0 bridgehead atoms. The first kappa shape index (κ1) is 14.9. The van der Waals surface area contributed by atoms with Gasteiger partial charge in [-0.2, -0.15) is 0 Å². The number of nitrogens with zero attached hydrogens (tertiary/aromatic N) is 1. The second-order valence-corrected chi connectivity index (χ2v) is 7.01. The van der Waals surface area contributed by atoms with Gasteiger partial charge in [0.25, 0.3) is 0 Å². The van der Waals surface area contributed by atoms with E-state index in [-0.39, 0.29) is 11.9 Å². The number of rotatable bonds is 3. The van der Waals surface area contributed by atoms with E-state index in [1.165, 1.54) is 25.0 Å². The Hall–Kier alpha value is -0.450. The standard InChI is InChI=1S/C15H22BrFN2/c1-15(2)6-3-7-19(10-15)14(9-18)12-5-4-11(17)8-13(12)16/h4-5,8,14H,3,6-7,9-10,18H2,1-2H3. The van der Waals surface area contributed by atoms with Crippen LogP contribution in [0.2, 0.25) is 0 Å². The fourth-order valence-corrected chi connectivity index (χ4v) is 3.59. The molecule has 1 heterocycles. The first-order valence-corrected chi connectivity index (χ1v) is 7.61. The third kappa shape index (κ3) is 3.56. The highest BCUT2D eigenvalue weighted by Gasteiger charge is 2.31. The zero-order chi connectivity index (χ0) is 14.0. The molecule has 1 aliphatic heterocycles. The highest BCUT2D eigenvalue weighted by Crippen LogP contribution is 2.35. The summed E-state index contributed by atoms with van der Waals surface area (Å²) in [4.78, 5) is 2.43. The molecule has 2 rings (SSSR count). The van der Waals surface area contributed by atoms with Crippen LogP contribution in [0, 0.1) is 11.2 Å². The number of piperidine rings is 1. The van der Waals surface area contributed by atoms with Crippen molar-refractivity contribution >= 4 is 15.9 Å². The minimum absolute atomic E-state index is 0.162. The molecule has 1 aromatic rings. The van der Waals surface area contributed by atoms with Gasteiger partial charge < -0.3 is 5.73 Å². The first-order valence-electron chi connectivity index (χ1n) is 6.82. The Labute approximate surface area is 123 Å². The van der Waals surface area contributed by atoms with Gasteiger partial charge in [-0.3, -0.25) is 4.90 Å². The SMILES string of the molecule is CC1(C)CCCN(C(CN)c2ccc(F)cc2Br)C1. The summed E-state index contributed by atoms with van der Waals surface area (Å²) < 4.78 is 14.0. The van der Waals surface area contributed by atoms with Crippen LogP contribution in [0.15, 0.2) is 22.7 Å². The van der Waals surface area contributed by atoms with Crippen LogP contribution in [0.1, 0.15) is 38.3 Å². The minimum atomic E-state index is -0.217. The molecule has 19 heavy (non-hydrogen) atoms. The first-order chi connectivity index (χ1) is 8.93. The molecule has 1 unspecified atom stereocenters. The zero-order valence-corrected chi connectivity index (χ0v) is 13.2. The molecule has 2 N–H and O–H groups in total. The largest absolute Gasteiger partial charge is 0.329 e. The Kier molecular flexibility index (Phi) is 4.64. The quantitative estimate of drug-likeness (QED) is 0.916. The van der Waals surface area contributed by atoms with Crippen LogP contribution < -0.4 is 5.73 Å². The smallest absolute Gasteiger partial charge is 0.124 e. The lowest BCUT2D eigenvalue weighted by Crippen LogP contribution is -2.44. The van der Waals surface area contributed by atoms with E-state index in [2.05, 4.69) is 34.7 Å². The minimum Gasteiger partial charge on any atom is -0.329 e. The molecule has 2 nitrogen and oxygen atoms in total. The second-order valence-electron chi connectivity index (χ2n) is 6.16. The normalized spacial score (nSPS) is 21.3. The summed E-state index contributed by atoms with van der Waals surface area (Å²) in [5.74, 6) is -0.217. The van der Waals surface area contributed by atoms with Gasteiger partial charge in [0.1, 0.15) is 5.82 Å². The maximum atomic E-state index is 13.2. The molecule has 0 saturated carbocycles. The van der Waals surface area contributed by atoms with E-state index in [1.54, 1.807) is 0 Å². The van der Waals surface area contributed by atoms with Crippen LogP contribution in [0.25, 0.3) is 0 Å². The van der Waals surface area contributed by atoms with Gasteiger partial charge >= 0.3 is 0 Å². The van der Waals surface area contributed by atoms with Crippen molar-refractivity contribution in [3.8, 4) is 0 Å². The van der Waals surface area contributed by atoms with E-state index in [4.69, 9.17) is 5.73 Å². The molecule has 106 valence electrons. The molecule has 1 saturated heterocycles. The molecule has 0 aliphatic carbocycles. The molecule has 1 aliphatic rings. The number of nitrogens with two attached hydrogens (primary N) is 1. The topological polar surface area (TPSA) is 29.3 Å². The fraction of sp³-hybridized carbons (Fsp3) is 0.600. The van der Waals surface area contributed by atoms with Crippen molar-refractivity contribution in [1.82, 2.24) is 4.90 Å².